The summed E-state index contributed by atoms with van der Waals surface area (Å²) in [6, 6.07) is 9.68. The molecule has 148 valence electrons. The number of likely N-dealkylation sites (N-methyl/N-ethyl adjacent to an activating group) is 1. The number of carbonyl (C=O) groups excluding carboxylic acids is 1. The van der Waals surface area contributed by atoms with Gasteiger partial charge in [-0.05, 0) is 43.0 Å². The molecule has 2 aromatic rings. The Kier molecular flexibility index (Phi) is 5.64. The van der Waals surface area contributed by atoms with E-state index in [-0.39, 0.29) is 44.9 Å². The number of hydrogen-bond donors (Lipinski definition) is 2. The van der Waals surface area contributed by atoms with Gasteiger partial charge in [-0.15, -0.1) is 0 Å². The molecule has 0 saturated carbocycles. The molecule has 29 heavy (non-hydrogen) atoms. The number of para-hydroxylation sites is 1. The van der Waals surface area contributed by atoms with Gasteiger partial charge in [-0.3, -0.25) is 19.8 Å². The zero-order valence-corrected chi connectivity index (χ0v) is 15.9. The molecular weight excluding hydrogens is 398 g/mol. The van der Waals surface area contributed by atoms with Crippen molar-refractivity contribution in [1.29, 1.82) is 0 Å². The van der Waals surface area contributed by atoms with Crippen LogP contribution in [0.2, 0.25) is 0 Å². The number of phenols is 1. The smallest absolute Gasteiger partial charge is 0.337 e. The van der Waals surface area contributed by atoms with Crippen molar-refractivity contribution >= 4 is 46.3 Å². The van der Waals surface area contributed by atoms with Gasteiger partial charge in [-0.1, -0.05) is 12.1 Å². The summed E-state index contributed by atoms with van der Waals surface area (Å²) in [4.78, 5) is 40.4. The summed E-state index contributed by atoms with van der Waals surface area (Å²) < 4.78 is 0. The van der Waals surface area contributed by atoms with Gasteiger partial charge >= 0.3 is 5.97 Å². The first-order valence-electron chi connectivity index (χ1n) is 8.41. The third-order valence-corrected chi connectivity index (χ3v) is 5.07. The van der Waals surface area contributed by atoms with Crippen molar-refractivity contribution in [3.05, 3.63) is 68.6 Å². The molecule has 0 unspecified atom stereocenters. The SMILES string of the molecule is CCN1C(=O)/C(=C/c2cc([N+](=O)[O-])ccc2O)SC1=Nc1ccccc1C(=O)O. The molecule has 0 spiro atoms. The molecule has 3 rings (SSSR count). The van der Waals surface area contributed by atoms with Crippen molar-refractivity contribution in [3.63, 3.8) is 0 Å². The molecule has 10 heteroatoms. The number of aromatic carboxylic acids is 1. The Morgan fingerprint density at radius 3 is 2.69 bits per heavy atom. The van der Waals surface area contributed by atoms with Crippen LogP contribution in [0.25, 0.3) is 6.08 Å². The Labute approximate surface area is 169 Å². The number of carboxylic acids is 1. The Morgan fingerprint density at radius 2 is 2.03 bits per heavy atom. The van der Waals surface area contributed by atoms with Crippen LogP contribution in [0.4, 0.5) is 11.4 Å². The molecule has 1 aliphatic rings. The average molecular weight is 413 g/mol. The van der Waals surface area contributed by atoms with Gasteiger partial charge in [0.25, 0.3) is 11.6 Å². The molecule has 1 aliphatic heterocycles. The molecule has 2 aromatic carbocycles. The number of phenolic OH excluding ortho intramolecular Hbond substituents is 1. The minimum atomic E-state index is -1.14. The number of nitro groups is 1. The number of carbonyl (C=O) groups is 2. The van der Waals surface area contributed by atoms with Crippen LogP contribution < -0.4 is 0 Å². The minimum absolute atomic E-state index is 0.00198. The van der Waals surface area contributed by atoms with Gasteiger partial charge < -0.3 is 10.2 Å². The maximum Gasteiger partial charge on any atom is 0.337 e. The average Bonchev–Trinajstić information content (AvgIpc) is 2.97. The molecule has 9 nitrogen and oxygen atoms in total. The van der Waals surface area contributed by atoms with Gasteiger partial charge in [0.2, 0.25) is 0 Å². The van der Waals surface area contributed by atoms with E-state index in [0.29, 0.717) is 0 Å². The number of carboxylic acid groups (broad SMARTS) is 1. The summed E-state index contributed by atoms with van der Waals surface area (Å²) in [6.45, 7) is 2.03. The highest BCUT2D eigenvalue weighted by molar-refractivity contribution is 8.18. The number of nitro benzene ring substituents is 1. The van der Waals surface area contributed by atoms with Crippen LogP contribution in [0, 0.1) is 10.1 Å². The lowest BCUT2D eigenvalue weighted by Gasteiger charge is -2.12. The molecule has 0 atom stereocenters. The Hall–Kier alpha value is -3.66. The summed E-state index contributed by atoms with van der Waals surface area (Å²) in [5.41, 5.74) is 0.103. The van der Waals surface area contributed by atoms with Gasteiger partial charge in [-0.2, -0.15) is 0 Å². The van der Waals surface area contributed by atoms with Gasteiger partial charge in [-0.25, -0.2) is 9.79 Å². The number of thioether (sulfide) groups is 1. The topological polar surface area (TPSA) is 133 Å². The van der Waals surface area contributed by atoms with Gasteiger partial charge in [0.1, 0.15) is 5.75 Å². The molecule has 1 amide bonds. The zero-order valence-electron chi connectivity index (χ0n) is 15.1. The molecule has 1 fully saturated rings. The Bertz CT molecular complexity index is 1080. The lowest BCUT2D eigenvalue weighted by molar-refractivity contribution is -0.384. The lowest BCUT2D eigenvalue weighted by Crippen LogP contribution is -2.28. The summed E-state index contributed by atoms with van der Waals surface area (Å²) in [5, 5.41) is 30.5. The summed E-state index contributed by atoms with van der Waals surface area (Å²) >= 11 is 0.998. The lowest BCUT2D eigenvalue weighted by atomic mass is 10.1. The number of aromatic hydroxyl groups is 1. The number of aliphatic imine (C=N–C) groups is 1. The highest BCUT2D eigenvalue weighted by atomic mass is 32.2. The Balaban J connectivity index is 2.03. The van der Waals surface area contributed by atoms with E-state index in [0.717, 1.165) is 17.8 Å². The number of benzene rings is 2. The molecule has 0 aromatic heterocycles. The molecule has 0 bridgehead atoms. The number of rotatable bonds is 5. The van der Waals surface area contributed by atoms with Crippen LogP contribution in [0.1, 0.15) is 22.8 Å². The maximum absolute atomic E-state index is 12.7. The largest absolute Gasteiger partial charge is 0.507 e. The second-order valence-electron chi connectivity index (χ2n) is 5.88. The van der Waals surface area contributed by atoms with E-state index in [4.69, 9.17) is 0 Å². The fourth-order valence-electron chi connectivity index (χ4n) is 2.64. The fraction of sp³-hybridized carbons (Fsp3) is 0.105. The first kappa shape index (κ1) is 20.1. The van der Waals surface area contributed by atoms with E-state index in [1.54, 1.807) is 19.1 Å². The summed E-state index contributed by atoms with van der Waals surface area (Å²) in [6.07, 6.45) is 1.35. The monoisotopic (exact) mass is 413 g/mol. The minimum Gasteiger partial charge on any atom is -0.507 e. The van der Waals surface area contributed by atoms with E-state index in [1.807, 2.05) is 0 Å². The Morgan fingerprint density at radius 1 is 1.31 bits per heavy atom. The summed E-state index contributed by atoms with van der Waals surface area (Å²) in [5.74, 6) is -1.74. The number of amides is 1. The van der Waals surface area contributed by atoms with E-state index < -0.39 is 16.8 Å². The van der Waals surface area contributed by atoms with E-state index >= 15 is 0 Å². The fourth-order valence-corrected chi connectivity index (χ4v) is 3.68. The predicted molar refractivity (Wildman–Crippen MR) is 108 cm³/mol. The van der Waals surface area contributed by atoms with Crippen LogP contribution in [-0.4, -0.2) is 43.6 Å². The highest BCUT2D eigenvalue weighted by Gasteiger charge is 2.33. The predicted octanol–water partition coefficient (Wildman–Crippen LogP) is 3.62. The molecule has 1 saturated heterocycles. The van der Waals surface area contributed by atoms with Crippen LogP contribution in [0.3, 0.4) is 0 Å². The van der Waals surface area contributed by atoms with Gasteiger partial charge in [0, 0.05) is 24.2 Å². The highest BCUT2D eigenvalue weighted by Crippen LogP contribution is 2.36. The molecular formula is C19H15N3O6S. The van der Waals surface area contributed by atoms with Gasteiger partial charge in [0.15, 0.2) is 5.17 Å². The van der Waals surface area contributed by atoms with Crippen LogP contribution in [0.15, 0.2) is 52.4 Å². The number of non-ortho nitro benzene ring substituents is 1. The molecule has 0 aliphatic carbocycles. The van der Waals surface area contributed by atoms with Crippen LogP contribution in [0.5, 0.6) is 5.75 Å². The zero-order chi connectivity index (χ0) is 21.1. The second kappa shape index (κ2) is 8.15. The molecule has 0 radical (unpaired) electrons. The van der Waals surface area contributed by atoms with Gasteiger partial charge in [0.05, 0.1) is 21.1 Å². The number of nitrogens with zero attached hydrogens (tertiary/aromatic N) is 3. The maximum atomic E-state index is 12.7. The summed E-state index contributed by atoms with van der Waals surface area (Å²) in [7, 11) is 0. The first-order valence-corrected chi connectivity index (χ1v) is 9.23. The normalized spacial score (nSPS) is 16.6. The third kappa shape index (κ3) is 4.11. The molecule has 2 N–H and O–H groups in total. The number of hydrogen-bond acceptors (Lipinski definition) is 7. The van der Waals surface area contributed by atoms with Crippen molar-refractivity contribution in [3.8, 4) is 5.75 Å². The van der Waals surface area contributed by atoms with E-state index in [9.17, 15) is 29.9 Å². The standard InChI is InChI=1S/C19H15N3O6S/c1-2-21-17(24)16(10-11-9-12(22(27)28)7-8-15(11)23)29-19(21)20-14-6-4-3-5-13(14)18(25)26/h3-10,23H,2H2,1H3,(H,25,26)/b16-10-,20-19?. The quantitative estimate of drug-likeness (QED) is 0.434. The second-order valence-corrected chi connectivity index (χ2v) is 6.89. The molecule has 1 heterocycles. The third-order valence-electron chi connectivity index (χ3n) is 4.06. The van der Waals surface area contributed by atoms with Crippen molar-refractivity contribution in [1.82, 2.24) is 4.90 Å². The van der Waals surface area contributed by atoms with Crippen molar-refractivity contribution < 1.29 is 24.7 Å². The van der Waals surface area contributed by atoms with Crippen molar-refractivity contribution in [2.24, 2.45) is 4.99 Å². The van der Waals surface area contributed by atoms with E-state index in [2.05, 4.69) is 4.99 Å². The van der Waals surface area contributed by atoms with Crippen molar-refractivity contribution in [2.45, 2.75) is 6.92 Å². The van der Waals surface area contributed by atoms with E-state index in [1.165, 1.54) is 35.2 Å². The van der Waals surface area contributed by atoms with Crippen LogP contribution >= 0.6 is 11.8 Å². The van der Waals surface area contributed by atoms with Crippen molar-refractivity contribution in [2.75, 3.05) is 6.54 Å². The van der Waals surface area contributed by atoms with Crippen LogP contribution in [-0.2, 0) is 4.79 Å². The number of amidine groups is 1. The first-order chi connectivity index (χ1) is 13.8.